The number of nitrogens with one attached hydrogen (secondary N) is 1. The number of anilines is 3. The van der Waals surface area contributed by atoms with Crippen LogP contribution in [0.5, 0.6) is 0 Å². The van der Waals surface area contributed by atoms with Gasteiger partial charge in [-0.25, -0.2) is 0 Å². The summed E-state index contributed by atoms with van der Waals surface area (Å²) in [6.45, 7) is 3.99. The second-order valence-corrected chi connectivity index (χ2v) is 7.02. The van der Waals surface area contributed by atoms with Crippen LogP contribution < -0.4 is 15.2 Å². The Hall–Kier alpha value is -3.23. The molecule has 1 aromatic heterocycles. The van der Waals surface area contributed by atoms with Gasteiger partial charge in [0.25, 0.3) is 5.69 Å². The minimum Gasteiger partial charge on any atom is -0.356 e. The fraction of sp³-hybridized carbons (Fsp3) is 0.421. The molecule has 2 fully saturated rings. The van der Waals surface area contributed by atoms with Crippen molar-refractivity contribution in [2.75, 3.05) is 41.4 Å². The monoisotopic (exact) mass is 381 g/mol. The van der Waals surface area contributed by atoms with Crippen molar-refractivity contribution in [3.63, 3.8) is 0 Å². The Morgan fingerprint density at radius 2 is 1.64 bits per heavy atom. The second kappa shape index (κ2) is 8.20. The van der Waals surface area contributed by atoms with Gasteiger partial charge in [0, 0.05) is 44.4 Å². The molecule has 1 N–H and O–H groups in total. The van der Waals surface area contributed by atoms with Gasteiger partial charge in [-0.3, -0.25) is 15.5 Å². The molecule has 0 bridgehead atoms. The second-order valence-electron chi connectivity index (χ2n) is 7.02. The number of nitrogens with zero attached hydrogens (tertiary/aromatic N) is 6. The first-order valence-corrected chi connectivity index (χ1v) is 9.61. The largest absolute Gasteiger partial charge is 0.356 e. The Bertz CT molecular complexity index is 823. The van der Waals surface area contributed by atoms with Gasteiger partial charge in [0.15, 0.2) is 5.82 Å². The van der Waals surface area contributed by atoms with E-state index in [9.17, 15) is 10.1 Å². The van der Waals surface area contributed by atoms with Crippen molar-refractivity contribution in [2.45, 2.75) is 25.7 Å². The fourth-order valence-electron chi connectivity index (χ4n) is 3.50. The number of non-ortho nitro benzene ring substituents is 1. The van der Waals surface area contributed by atoms with Gasteiger partial charge in [0.2, 0.25) is 5.95 Å². The van der Waals surface area contributed by atoms with Crippen LogP contribution in [0.1, 0.15) is 31.2 Å². The Labute approximate surface area is 163 Å². The fourth-order valence-corrected chi connectivity index (χ4v) is 3.50. The van der Waals surface area contributed by atoms with Crippen molar-refractivity contribution in [3.05, 3.63) is 46.0 Å². The van der Waals surface area contributed by atoms with Gasteiger partial charge in [0.05, 0.1) is 11.1 Å². The average molecular weight is 381 g/mol. The molecule has 2 aliphatic rings. The van der Waals surface area contributed by atoms with E-state index in [1.165, 1.54) is 37.8 Å². The molecule has 2 aliphatic heterocycles. The van der Waals surface area contributed by atoms with Gasteiger partial charge in [-0.2, -0.15) is 15.1 Å². The molecule has 9 nitrogen and oxygen atoms in total. The van der Waals surface area contributed by atoms with Gasteiger partial charge in [-0.15, -0.1) is 0 Å². The van der Waals surface area contributed by atoms with Gasteiger partial charge >= 0.3 is 0 Å². The third-order valence-corrected chi connectivity index (χ3v) is 5.02. The number of hydrogen-bond acceptors (Lipinski definition) is 8. The van der Waals surface area contributed by atoms with Crippen molar-refractivity contribution in [2.24, 2.45) is 5.10 Å². The summed E-state index contributed by atoms with van der Waals surface area (Å²) >= 11 is 0. The molecule has 0 spiro atoms. The first kappa shape index (κ1) is 18.1. The SMILES string of the molecule is O=[N+]([O-])c1ccc(C=NNc2cc(N3CCCC3)nc(N3CCCC3)n2)cc1. The van der Waals surface area contributed by atoms with Crippen molar-refractivity contribution in [3.8, 4) is 0 Å². The van der Waals surface area contributed by atoms with Crippen LogP contribution in [0.15, 0.2) is 35.4 Å². The number of rotatable bonds is 6. The molecule has 4 rings (SSSR count). The standard InChI is InChI=1S/C19H23N7O2/c27-26(28)16-7-5-15(6-8-16)14-20-23-17-13-18(24-9-1-2-10-24)22-19(21-17)25-11-3-4-12-25/h5-8,13-14H,1-4,9-12H2,(H,21,22,23). The normalized spacial score (nSPS) is 16.9. The van der Waals surface area contributed by atoms with Gasteiger partial charge < -0.3 is 9.80 Å². The molecule has 0 aliphatic carbocycles. The zero-order chi connectivity index (χ0) is 19.3. The van der Waals surface area contributed by atoms with Crippen LogP contribution in [0.2, 0.25) is 0 Å². The lowest BCUT2D eigenvalue weighted by atomic mass is 10.2. The molecular formula is C19H23N7O2. The maximum atomic E-state index is 10.7. The summed E-state index contributed by atoms with van der Waals surface area (Å²) in [4.78, 5) is 24.2. The highest BCUT2D eigenvalue weighted by molar-refractivity contribution is 5.80. The van der Waals surface area contributed by atoms with E-state index in [0.29, 0.717) is 5.82 Å². The summed E-state index contributed by atoms with van der Waals surface area (Å²) in [5.41, 5.74) is 3.82. The lowest BCUT2D eigenvalue weighted by Crippen LogP contribution is -2.24. The minimum absolute atomic E-state index is 0.0615. The van der Waals surface area contributed by atoms with Crippen LogP contribution in [-0.2, 0) is 0 Å². The Morgan fingerprint density at radius 1 is 1.00 bits per heavy atom. The number of aromatic nitrogens is 2. The molecule has 28 heavy (non-hydrogen) atoms. The molecule has 146 valence electrons. The Balaban J connectivity index is 1.51. The Morgan fingerprint density at radius 3 is 2.29 bits per heavy atom. The molecular weight excluding hydrogens is 358 g/mol. The molecule has 0 radical (unpaired) electrons. The summed E-state index contributed by atoms with van der Waals surface area (Å²) in [7, 11) is 0. The first-order chi connectivity index (χ1) is 13.7. The zero-order valence-corrected chi connectivity index (χ0v) is 15.6. The molecule has 0 saturated carbocycles. The van der Waals surface area contributed by atoms with E-state index in [4.69, 9.17) is 4.98 Å². The molecule has 1 aromatic carbocycles. The number of benzene rings is 1. The van der Waals surface area contributed by atoms with Crippen LogP contribution in [0.25, 0.3) is 0 Å². The molecule has 0 atom stereocenters. The first-order valence-electron chi connectivity index (χ1n) is 9.61. The summed E-state index contributed by atoms with van der Waals surface area (Å²) in [5, 5.41) is 15.0. The molecule has 0 amide bonds. The molecule has 2 saturated heterocycles. The van der Waals surface area contributed by atoms with E-state index in [1.807, 2.05) is 6.07 Å². The molecule has 9 heteroatoms. The quantitative estimate of drug-likeness (QED) is 0.466. The minimum atomic E-state index is -0.417. The van der Waals surface area contributed by atoms with Gasteiger partial charge in [-0.05, 0) is 43.4 Å². The maximum Gasteiger partial charge on any atom is 0.269 e. The number of hydrazone groups is 1. The van der Waals surface area contributed by atoms with E-state index < -0.39 is 4.92 Å². The van der Waals surface area contributed by atoms with E-state index in [-0.39, 0.29) is 5.69 Å². The van der Waals surface area contributed by atoms with Crippen LogP contribution in [0, 0.1) is 10.1 Å². The van der Waals surface area contributed by atoms with E-state index in [1.54, 1.807) is 18.3 Å². The predicted octanol–water partition coefficient (Wildman–Crippen LogP) is 3.03. The zero-order valence-electron chi connectivity index (χ0n) is 15.6. The van der Waals surface area contributed by atoms with E-state index in [2.05, 4.69) is 25.3 Å². The Kier molecular flexibility index (Phi) is 5.31. The summed E-state index contributed by atoms with van der Waals surface area (Å²) in [6, 6.07) is 8.17. The molecule has 2 aromatic rings. The average Bonchev–Trinajstić information content (AvgIpc) is 3.42. The highest BCUT2D eigenvalue weighted by Crippen LogP contribution is 2.25. The molecule has 3 heterocycles. The van der Waals surface area contributed by atoms with Crippen LogP contribution >= 0.6 is 0 Å². The maximum absolute atomic E-state index is 10.7. The topological polar surface area (TPSA) is 99.8 Å². The lowest BCUT2D eigenvalue weighted by Gasteiger charge is -2.21. The van der Waals surface area contributed by atoms with E-state index in [0.717, 1.165) is 43.5 Å². The van der Waals surface area contributed by atoms with Crippen molar-refractivity contribution >= 4 is 29.5 Å². The van der Waals surface area contributed by atoms with Gasteiger partial charge in [0.1, 0.15) is 5.82 Å². The lowest BCUT2D eigenvalue weighted by molar-refractivity contribution is -0.384. The smallest absolute Gasteiger partial charge is 0.269 e. The summed E-state index contributed by atoms with van der Waals surface area (Å²) in [6.07, 6.45) is 6.32. The van der Waals surface area contributed by atoms with Crippen LogP contribution in [0.4, 0.5) is 23.3 Å². The van der Waals surface area contributed by atoms with Crippen molar-refractivity contribution < 1.29 is 4.92 Å². The van der Waals surface area contributed by atoms with Crippen LogP contribution in [0.3, 0.4) is 0 Å². The third kappa shape index (κ3) is 4.19. The number of nitro groups is 1. The van der Waals surface area contributed by atoms with Crippen molar-refractivity contribution in [1.29, 1.82) is 0 Å². The van der Waals surface area contributed by atoms with E-state index >= 15 is 0 Å². The predicted molar refractivity (Wildman–Crippen MR) is 109 cm³/mol. The highest BCUT2D eigenvalue weighted by atomic mass is 16.6. The van der Waals surface area contributed by atoms with Crippen molar-refractivity contribution in [1.82, 2.24) is 9.97 Å². The van der Waals surface area contributed by atoms with Crippen LogP contribution in [-0.4, -0.2) is 47.3 Å². The molecule has 0 unspecified atom stereocenters. The summed E-state index contributed by atoms with van der Waals surface area (Å²) in [5.74, 6) is 2.33. The number of hydrogen-bond donors (Lipinski definition) is 1. The number of nitro benzene ring substituents is 1. The van der Waals surface area contributed by atoms with Gasteiger partial charge in [-0.1, -0.05) is 0 Å². The third-order valence-electron chi connectivity index (χ3n) is 5.02. The summed E-state index contributed by atoms with van der Waals surface area (Å²) < 4.78 is 0. The highest BCUT2D eigenvalue weighted by Gasteiger charge is 2.20.